The molecule has 0 spiro atoms. The van der Waals surface area contributed by atoms with Gasteiger partial charge in [-0.2, -0.15) is 0 Å². The van der Waals surface area contributed by atoms with Crippen molar-refractivity contribution < 1.29 is 14.3 Å². The normalized spacial score (nSPS) is 24.7. The lowest BCUT2D eigenvalue weighted by molar-refractivity contribution is -0.137. The fourth-order valence-electron chi connectivity index (χ4n) is 4.30. The van der Waals surface area contributed by atoms with Crippen molar-refractivity contribution in [3.63, 3.8) is 0 Å². The Hall–Kier alpha value is -1.71. The fourth-order valence-corrected chi connectivity index (χ4v) is 4.30. The van der Waals surface area contributed by atoms with E-state index >= 15 is 0 Å². The third-order valence-corrected chi connectivity index (χ3v) is 5.45. The van der Waals surface area contributed by atoms with Crippen LogP contribution in [-0.2, 0) is 4.79 Å². The number of rotatable bonds is 2. The highest BCUT2D eigenvalue weighted by atomic mass is 16.6. The van der Waals surface area contributed by atoms with Crippen LogP contribution in [-0.4, -0.2) is 30.6 Å². The maximum atomic E-state index is 13.0. The van der Waals surface area contributed by atoms with Crippen LogP contribution in [0.1, 0.15) is 56.6 Å². The largest absolute Gasteiger partial charge is 0.486 e. The van der Waals surface area contributed by atoms with Crippen molar-refractivity contribution in [1.82, 2.24) is 4.90 Å². The summed E-state index contributed by atoms with van der Waals surface area (Å²) < 4.78 is 11.6. The third kappa shape index (κ3) is 2.79. The van der Waals surface area contributed by atoms with Crippen LogP contribution in [0, 0.1) is 5.92 Å². The molecule has 1 atom stereocenters. The summed E-state index contributed by atoms with van der Waals surface area (Å²) in [7, 11) is 0. The minimum Gasteiger partial charge on any atom is -0.486 e. The van der Waals surface area contributed by atoms with Crippen molar-refractivity contribution in [2.75, 3.05) is 19.8 Å². The second-order valence-electron chi connectivity index (χ2n) is 6.90. The van der Waals surface area contributed by atoms with E-state index in [1.54, 1.807) is 0 Å². The van der Waals surface area contributed by atoms with Gasteiger partial charge in [0.25, 0.3) is 0 Å². The Morgan fingerprint density at radius 2 is 1.83 bits per heavy atom. The summed E-state index contributed by atoms with van der Waals surface area (Å²) in [6, 6.07) is 6.23. The van der Waals surface area contributed by atoms with E-state index in [1.165, 1.54) is 19.3 Å². The average molecular weight is 315 g/mol. The van der Waals surface area contributed by atoms with Gasteiger partial charge in [0.05, 0.1) is 6.04 Å². The lowest BCUT2D eigenvalue weighted by atomic mass is 9.88. The van der Waals surface area contributed by atoms with Crippen LogP contribution in [0.2, 0.25) is 0 Å². The summed E-state index contributed by atoms with van der Waals surface area (Å²) in [6.45, 7) is 2.07. The van der Waals surface area contributed by atoms with E-state index in [1.807, 2.05) is 12.1 Å². The average Bonchev–Trinajstić information content (AvgIpc) is 3.11. The summed E-state index contributed by atoms with van der Waals surface area (Å²) >= 11 is 0. The van der Waals surface area contributed by atoms with E-state index in [0.717, 1.165) is 49.3 Å². The van der Waals surface area contributed by atoms with Gasteiger partial charge < -0.3 is 14.4 Å². The van der Waals surface area contributed by atoms with Crippen molar-refractivity contribution in [1.29, 1.82) is 0 Å². The molecule has 4 heteroatoms. The number of carbonyl (C=O) groups is 1. The van der Waals surface area contributed by atoms with Crippen LogP contribution in [0.5, 0.6) is 11.5 Å². The van der Waals surface area contributed by atoms with E-state index < -0.39 is 0 Å². The van der Waals surface area contributed by atoms with Gasteiger partial charge in [0.15, 0.2) is 11.5 Å². The molecule has 1 aromatic rings. The standard InChI is InChI=1S/C19H25NO3/c21-19(14-6-2-1-3-7-14)20-11-5-9-16(20)15-8-4-10-17-18(15)23-13-12-22-17/h4,8,10,14,16H,1-3,5-7,9,11-13H2. The van der Waals surface area contributed by atoms with Gasteiger partial charge in [-0.3, -0.25) is 4.79 Å². The summed E-state index contributed by atoms with van der Waals surface area (Å²) in [5.74, 6) is 2.28. The predicted octanol–water partition coefficient (Wildman–Crippen LogP) is 3.70. The molecule has 1 saturated carbocycles. The van der Waals surface area contributed by atoms with Crippen molar-refractivity contribution in [3.8, 4) is 11.5 Å². The predicted molar refractivity (Wildman–Crippen MR) is 87.7 cm³/mol. The summed E-state index contributed by atoms with van der Waals surface area (Å²) in [5.41, 5.74) is 1.13. The number of hydrogen-bond donors (Lipinski definition) is 0. The molecule has 1 amide bonds. The number of likely N-dealkylation sites (tertiary alicyclic amines) is 1. The van der Waals surface area contributed by atoms with Gasteiger partial charge in [-0.25, -0.2) is 0 Å². The molecule has 1 aliphatic carbocycles. The second kappa shape index (κ2) is 6.42. The first-order valence-electron chi connectivity index (χ1n) is 9.03. The zero-order valence-corrected chi connectivity index (χ0v) is 13.6. The third-order valence-electron chi connectivity index (χ3n) is 5.45. The lowest BCUT2D eigenvalue weighted by Crippen LogP contribution is -2.36. The highest BCUT2D eigenvalue weighted by Gasteiger charge is 2.36. The van der Waals surface area contributed by atoms with E-state index in [-0.39, 0.29) is 12.0 Å². The molecule has 0 N–H and O–H groups in total. The van der Waals surface area contributed by atoms with E-state index in [4.69, 9.17) is 9.47 Å². The molecule has 2 fully saturated rings. The Bertz CT molecular complexity index is 580. The molecular formula is C19H25NO3. The molecule has 4 nitrogen and oxygen atoms in total. The van der Waals surface area contributed by atoms with Crippen LogP contribution in [0.25, 0.3) is 0 Å². The Balaban J connectivity index is 1.59. The monoisotopic (exact) mass is 315 g/mol. The molecule has 1 saturated heterocycles. The Morgan fingerprint density at radius 3 is 2.70 bits per heavy atom. The van der Waals surface area contributed by atoms with Gasteiger partial charge >= 0.3 is 0 Å². The number of carbonyl (C=O) groups excluding carboxylic acids is 1. The first-order valence-corrected chi connectivity index (χ1v) is 9.03. The van der Waals surface area contributed by atoms with Crippen LogP contribution in [0.3, 0.4) is 0 Å². The van der Waals surface area contributed by atoms with Gasteiger partial charge in [-0.05, 0) is 31.7 Å². The second-order valence-corrected chi connectivity index (χ2v) is 6.90. The van der Waals surface area contributed by atoms with Gasteiger partial charge in [-0.1, -0.05) is 31.4 Å². The van der Waals surface area contributed by atoms with Crippen LogP contribution < -0.4 is 9.47 Å². The molecule has 23 heavy (non-hydrogen) atoms. The molecule has 4 rings (SSSR count). The number of fused-ring (bicyclic) bond motifs is 1. The number of hydrogen-bond acceptors (Lipinski definition) is 3. The SMILES string of the molecule is O=C(C1CCCCC1)N1CCCC1c1cccc2c1OCCO2. The number of ether oxygens (including phenoxy) is 2. The van der Waals surface area contributed by atoms with Crippen molar-refractivity contribution in [2.45, 2.75) is 51.0 Å². The van der Waals surface area contributed by atoms with Crippen molar-refractivity contribution in [3.05, 3.63) is 23.8 Å². The molecule has 2 aliphatic heterocycles. The van der Waals surface area contributed by atoms with Crippen LogP contribution >= 0.6 is 0 Å². The Kier molecular flexibility index (Phi) is 4.15. The zero-order chi connectivity index (χ0) is 15.6. The minimum absolute atomic E-state index is 0.154. The van der Waals surface area contributed by atoms with E-state index in [9.17, 15) is 4.79 Å². The molecule has 1 unspecified atom stereocenters. The van der Waals surface area contributed by atoms with Gasteiger partial charge in [0.2, 0.25) is 5.91 Å². The summed E-state index contributed by atoms with van der Waals surface area (Å²) in [6.07, 6.45) is 7.92. The van der Waals surface area contributed by atoms with Gasteiger partial charge in [0, 0.05) is 18.0 Å². The summed E-state index contributed by atoms with van der Waals surface area (Å²) in [4.78, 5) is 15.1. The summed E-state index contributed by atoms with van der Waals surface area (Å²) in [5, 5.41) is 0. The highest BCUT2D eigenvalue weighted by molar-refractivity contribution is 5.80. The first-order chi connectivity index (χ1) is 11.3. The number of benzene rings is 1. The quantitative estimate of drug-likeness (QED) is 0.835. The maximum absolute atomic E-state index is 13.0. The van der Waals surface area contributed by atoms with Crippen molar-refractivity contribution in [2.24, 2.45) is 5.92 Å². The molecule has 1 aromatic carbocycles. The molecule has 2 heterocycles. The number of amides is 1. The Labute approximate surface area is 137 Å². The minimum atomic E-state index is 0.154. The molecule has 0 aromatic heterocycles. The zero-order valence-electron chi connectivity index (χ0n) is 13.6. The van der Waals surface area contributed by atoms with E-state index in [2.05, 4.69) is 11.0 Å². The fraction of sp³-hybridized carbons (Fsp3) is 0.632. The van der Waals surface area contributed by atoms with Gasteiger partial charge in [-0.15, -0.1) is 0 Å². The van der Waals surface area contributed by atoms with Crippen LogP contribution in [0.4, 0.5) is 0 Å². The Morgan fingerprint density at radius 1 is 1.00 bits per heavy atom. The van der Waals surface area contributed by atoms with E-state index in [0.29, 0.717) is 19.1 Å². The molecular weight excluding hydrogens is 290 g/mol. The molecule has 0 radical (unpaired) electrons. The van der Waals surface area contributed by atoms with Crippen molar-refractivity contribution >= 4 is 5.91 Å². The number of para-hydroxylation sites is 1. The molecule has 0 bridgehead atoms. The maximum Gasteiger partial charge on any atom is 0.226 e. The number of nitrogens with zero attached hydrogens (tertiary/aromatic N) is 1. The lowest BCUT2D eigenvalue weighted by Gasteiger charge is -2.32. The first kappa shape index (κ1) is 14.9. The topological polar surface area (TPSA) is 38.8 Å². The van der Waals surface area contributed by atoms with Gasteiger partial charge in [0.1, 0.15) is 13.2 Å². The molecule has 3 aliphatic rings. The molecule has 124 valence electrons. The highest BCUT2D eigenvalue weighted by Crippen LogP contribution is 2.43. The smallest absolute Gasteiger partial charge is 0.226 e. The van der Waals surface area contributed by atoms with Crippen LogP contribution in [0.15, 0.2) is 18.2 Å².